The normalized spacial score (nSPS) is 16.3. The van der Waals surface area contributed by atoms with Crippen LogP contribution in [0.3, 0.4) is 0 Å². The molecule has 1 atom stereocenters. The first-order valence-electron chi connectivity index (χ1n) is 7.70. The quantitative estimate of drug-likeness (QED) is 0.730. The Morgan fingerprint density at radius 2 is 1.74 bits per heavy atom. The summed E-state index contributed by atoms with van der Waals surface area (Å²) < 4.78 is 1.82. The predicted octanol–water partition coefficient (Wildman–Crippen LogP) is 4.99. The first kappa shape index (κ1) is 16.7. The van der Waals surface area contributed by atoms with Crippen molar-refractivity contribution in [3.63, 3.8) is 0 Å². The van der Waals surface area contributed by atoms with Crippen molar-refractivity contribution in [1.82, 2.24) is 4.90 Å². The van der Waals surface area contributed by atoms with Gasteiger partial charge in [0.2, 0.25) is 5.91 Å². The molecule has 1 unspecified atom stereocenters. The van der Waals surface area contributed by atoms with Crippen molar-refractivity contribution in [3.8, 4) is 0 Å². The van der Waals surface area contributed by atoms with Crippen molar-refractivity contribution < 1.29 is 4.79 Å². The van der Waals surface area contributed by atoms with Crippen LogP contribution in [0.1, 0.15) is 24.4 Å². The largest absolute Gasteiger partial charge is 0.323 e. The molecule has 1 heterocycles. The molecule has 0 radical (unpaired) electrons. The van der Waals surface area contributed by atoms with Crippen molar-refractivity contribution in [2.75, 3.05) is 18.4 Å². The Morgan fingerprint density at radius 3 is 2.43 bits per heavy atom. The van der Waals surface area contributed by atoms with Crippen LogP contribution < -0.4 is 5.32 Å². The van der Waals surface area contributed by atoms with Gasteiger partial charge in [-0.15, -0.1) is 0 Å². The van der Waals surface area contributed by atoms with Crippen LogP contribution in [0.4, 0.5) is 5.69 Å². The van der Waals surface area contributed by atoms with Gasteiger partial charge in [-0.1, -0.05) is 46.3 Å². The second-order valence-electron chi connectivity index (χ2n) is 5.67. The first-order valence-corrected chi connectivity index (χ1v) is 9.28. The Labute approximate surface area is 153 Å². The molecule has 0 aromatic heterocycles. The highest BCUT2D eigenvalue weighted by Gasteiger charge is 2.29. The van der Waals surface area contributed by atoms with Gasteiger partial charge in [-0.2, -0.15) is 0 Å². The topological polar surface area (TPSA) is 32.3 Å². The van der Waals surface area contributed by atoms with E-state index in [0.717, 1.165) is 46.1 Å². The van der Waals surface area contributed by atoms with E-state index in [1.54, 1.807) is 0 Å². The number of nitrogens with zero attached hydrogens (tertiary/aromatic N) is 1. The van der Waals surface area contributed by atoms with E-state index < -0.39 is 0 Å². The minimum absolute atomic E-state index is 0.0110. The molecule has 1 saturated heterocycles. The lowest BCUT2D eigenvalue weighted by atomic mass is 10.0. The van der Waals surface area contributed by atoms with Gasteiger partial charge in [-0.25, -0.2) is 0 Å². The van der Waals surface area contributed by atoms with Gasteiger partial charge >= 0.3 is 0 Å². The number of benzene rings is 2. The zero-order chi connectivity index (χ0) is 16.2. The molecule has 1 fully saturated rings. The van der Waals surface area contributed by atoms with Crippen molar-refractivity contribution in [2.45, 2.75) is 18.9 Å². The van der Waals surface area contributed by atoms with Crippen molar-refractivity contribution in [2.24, 2.45) is 0 Å². The van der Waals surface area contributed by atoms with E-state index in [4.69, 9.17) is 0 Å². The fourth-order valence-corrected chi connectivity index (χ4v) is 3.66. The van der Waals surface area contributed by atoms with Gasteiger partial charge in [-0.05, 0) is 65.6 Å². The SMILES string of the molecule is O=C(Nc1cc(Br)ccc1Br)C(c1ccccc1)N1CCCC1. The lowest BCUT2D eigenvalue weighted by Crippen LogP contribution is -2.35. The lowest BCUT2D eigenvalue weighted by molar-refractivity contribution is -0.121. The molecule has 3 nitrogen and oxygen atoms in total. The summed E-state index contributed by atoms with van der Waals surface area (Å²) in [5.74, 6) is 0.0110. The van der Waals surface area contributed by atoms with Crippen LogP contribution in [0, 0.1) is 0 Å². The molecule has 5 heteroatoms. The van der Waals surface area contributed by atoms with Gasteiger partial charge in [0.15, 0.2) is 0 Å². The number of hydrogen-bond acceptors (Lipinski definition) is 2. The number of anilines is 1. The number of carbonyl (C=O) groups is 1. The highest BCUT2D eigenvalue weighted by molar-refractivity contribution is 9.11. The number of likely N-dealkylation sites (tertiary alicyclic amines) is 1. The molecule has 0 bridgehead atoms. The summed E-state index contributed by atoms with van der Waals surface area (Å²) in [5, 5.41) is 3.07. The maximum absolute atomic E-state index is 13.0. The Kier molecular flexibility index (Phi) is 5.51. The Balaban J connectivity index is 1.87. The fraction of sp³-hybridized carbons (Fsp3) is 0.278. The molecule has 1 aliphatic rings. The summed E-state index contributed by atoms with van der Waals surface area (Å²) in [5.41, 5.74) is 1.82. The van der Waals surface area contributed by atoms with Crippen LogP contribution >= 0.6 is 31.9 Å². The monoisotopic (exact) mass is 436 g/mol. The zero-order valence-electron chi connectivity index (χ0n) is 12.6. The number of nitrogens with one attached hydrogen (secondary N) is 1. The van der Waals surface area contributed by atoms with E-state index in [1.807, 2.05) is 48.5 Å². The lowest BCUT2D eigenvalue weighted by Gasteiger charge is -2.27. The minimum Gasteiger partial charge on any atom is -0.323 e. The van der Waals surface area contributed by atoms with Gasteiger partial charge in [0.25, 0.3) is 0 Å². The average Bonchev–Trinajstić information content (AvgIpc) is 3.06. The van der Waals surface area contributed by atoms with Crippen LogP contribution in [0.25, 0.3) is 0 Å². The molecule has 0 spiro atoms. The van der Waals surface area contributed by atoms with Crippen LogP contribution in [0.2, 0.25) is 0 Å². The molecular formula is C18H18Br2N2O. The van der Waals surface area contributed by atoms with E-state index in [0.29, 0.717) is 0 Å². The van der Waals surface area contributed by atoms with Crippen LogP contribution in [0.5, 0.6) is 0 Å². The van der Waals surface area contributed by atoms with Gasteiger partial charge in [-0.3, -0.25) is 9.69 Å². The highest BCUT2D eigenvalue weighted by Crippen LogP contribution is 2.30. The highest BCUT2D eigenvalue weighted by atomic mass is 79.9. The summed E-state index contributed by atoms with van der Waals surface area (Å²) in [6.45, 7) is 1.93. The van der Waals surface area contributed by atoms with Crippen LogP contribution in [-0.4, -0.2) is 23.9 Å². The van der Waals surface area contributed by atoms with Crippen molar-refractivity contribution >= 4 is 43.5 Å². The van der Waals surface area contributed by atoms with Crippen molar-refractivity contribution in [1.29, 1.82) is 0 Å². The second-order valence-corrected chi connectivity index (χ2v) is 7.44. The fourth-order valence-electron chi connectivity index (χ4n) is 2.96. The summed E-state index contributed by atoms with van der Waals surface area (Å²) in [6.07, 6.45) is 2.30. The Hall–Kier alpha value is -1.17. The third kappa shape index (κ3) is 4.03. The van der Waals surface area contributed by atoms with Crippen LogP contribution in [0.15, 0.2) is 57.5 Å². The molecule has 0 saturated carbocycles. The second kappa shape index (κ2) is 7.60. The predicted molar refractivity (Wildman–Crippen MR) is 100 cm³/mol. The standard InChI is InChI=1S/C18H18Br2N2O/c19-14-8-9-15(20)16(12-14)21-18(23)17(22-10-4-5-11-22)13-6-2-1-3-7-13/h1-3,6-9,12,17H,4-5,10-11H2,(H,21,23). The number of carbonyl (C=O) groups excluding carboxylic acids is 1. The molecule has 1 amide bonds. The minimum atomic E-state index is -0.246. The maximum Gasteiger partial charge on any atom is 0.246 e. The van der Waals surface area contributed by atoms with E-state index in [-0.39, 0.29) is 11.9 Å². The molecule has 23 heavy (non-hydrogen) atoms. The zero-order valence-corrected chi connectivity index (χ0v) is 15.8. The summed E-state index contributed by atoms with van der Waals surface area (Å²) >= 11 is 6.95. The Morgan fingerprint density at radius 1 is 1.04 bits per heavy atom. The molecular weight excluding hydrogens is 420 g/mol. The van der Waals surface area contributed by atoms with Crippen molar-refractivity contribution in [3.05, 3.63) is 63.0 Å². The summed E-state index contributed by atoms with van der Waals surface area (Å²) in [6, 6.07) is 15.5. The van der Waals surface area contributed by atoms with Crippen LogP contribution in [-0.2, 0) is 4.79 Å². The summed E-state index contributed by atoms with van der Waals surface area (Å²) in [7, 11) is 0. The molecule has 120 valence electrons. The first-order chi connectivity index (χ1) is 11.1. The van der Waals surface area contributed by atoms with Gasteiger partial charge < -0.3 is 5.32 Å². The van der Waals surface area contributed by atoms with E-state index in [2.05, 4.69) is 42.1 Å². The molecule has 1 N–H and O–H groups in total. The molecule has 0 aliphatic carbocycles. The van der Waals surface area contributed by atoms with Gasteiger partial charge in [0.05, 0.1) is 5.69 Å². The van der Waals surface area contributed by atoms with E-state index in [1.165, 1.54) is 0 Å². The molecule has 1 aliphatic heterocycles. The smallest absolute Gasteiger partial charge is 0.246 e. The Bertz CT molecular complexity index is 685. The average molecular weight is 438 g/mol. The van der Waals surface area contributed by atoms with E-state index >= 15 is 0 Å². The molecule has 2 aromatic rings. The number of hydrogen-bond donors (Lipinski definition) is 1. The third-order valence-electron chi connectivity index (χ3n) is 4.06. The maximum atomic E-state index is 13.0. The molecule has 2 aromatic carbocycles. The number of rotatable bonds is 4. The molecule has 3 rings (SSSR count). The van der Waals surface area contributed by atoms with Gasteiger partial charge in [0, 0.05) is 8.95 Å². The summed E-state index contributed by atoms with van der Waals surface area (Å²) in [4.78, 5) is 15.2. The van der Waals surface area contributed by atoms with E-state index in [9.17, 15) is 4.79 Å². The third-order valence-corrected chi connectivity index (χ3v) is 5.24. The number of halogens is 2. The van der Waals surface area contributed by atoms with Gasteiger partial charge in [0.1, 0.15) is 6.04 Å². The number of amides is 1.